The van der Waals surface area contributed by atoms with Crippen LogP contribution in [-0.2, 0) is 0 Å². The molecular formula is C41H34N2S. The Balaban J connectivity index is 1.44. The van der Waals surface area contributed by atoms with Crippen molar-refractivity contribution in [1.29, 1.82) is 0 Å². The lowest BCUT2D eigenvalue weighted by atomic mass is 9.88. The van der Waals surface area contributed by atoms with Gasteiger partial charge < -0.3 is 0 Å². The summed E-state index contributed by atoms with van der Waals surface area (Å²) >= 11 is 1.87. The van der Waals surface area contributed by atoms with Gasteiger partial charge in [0.2, 0.25) is 0 Å². The monoisotopic (exact) mass is 586 g/mol. The van der Waals surface area contributed by atoms with Crippen LogP contribution in [0.3, 0.4) is 0 Å². The molecule has 6 aromatic carbocycles. The van der Waals surface area contributed by atoms with E-state index >= 15 is 0 Å². The van der Waals surface area contributed by atoms with Gasteiger partial charge in [-0.15, -0.1) is 11.3 Å². The Kier molecular flexibility index (Phi) is 6.39. The van der Waals surface area contributed by atoms with Crippen LogP contribution in [-0.4, -0.2) is 9.55 Å². The zero-order chi connectivity index (χ0) is 29.9. The van der Waals surface area contributed by atoms with Crippen molar-refractivity contribution in [1.82, 2.24) is 9.55 Å². The predicted molar refractivity (Wildman–Crippen MR) is 191 cm³/mol. The third-order valence-electron chi connectivity index (χ3n) is 8.92. The van der Waals surface area contributed by atoms with E-state index in [9.17, 15) is 0 Å². The van der Waals surface area contributed by atoms with Crippen LogP contribution in [0.4, 0.5) is 0 Å². The maximum absolute atomic E-state index is 5.34. The lowest BCUT2D eigenvalue weighted by Crippen LogP contribution is -2.09. The Bertz CT molecular complexity index is 2310. The number of nitrogens with zero attached hydrogens (tertiary/aromatic N) is 2. The highest BCUT2D eigenvalue weighted by atomic mass is 32.1. The minimum Gasteiger partial charge on any atom is -0.292 e. The third-order valence-corrected chi connectivity index (χ3v) is 10.1. The topological polar surface area (TPSA) is 17.8 Å². The largest absolute Gasteiger partial charge is 0.292 e. The van der Waals surface area contributed by atoms with Crippen molar-refractivity contribution < 1.29 is 0 Å². The summed E-state index contributed by atoms with van der Waals surface area (Å²) in [7, 11) is 0. The number of para-hydroxylation sites is 2. The summed E-state index contributed by atoms with van der Waals surface area (Å²) in [4.78, 5) is 5.34. The van der Waals surface area contributed by atoms with Crippen molar-refractivity contribution in [2.75, 3.05) is 0 Å². The highest BCUT2D eigenvalue weighted by Gasteiger charge is 2.24. The summed E-state index contributed by atoms with van der Waals surface area (Å²) in [6.45, 7) is 9.24. The summed E-state index contributed by atoms with van der Waals surface area (Å²) in [6, 6.07) is 44.3. The van der Waals surface area contributed by atoms with Crippen LogP contribution in [0, 0.1) is 0 Å². The van der Waals surface area contributed by atoms with E-state index in [0.29, 0.717) is 11.8 Å². The van der Waals surface area contributed by atoms with E-state index in [1.165, 1.54) is 58.9 Å². The van der Waals surface area contributed by atoms with E-state index in [0.717, 1.165) is 22.4 Å². The minimum atomic E-state index is 0.329. The molecule has 0 amide bonds. The summed E-state index contributed by atoms with van der Waals surface area (Å²) in [5, 5.41) is 5.22. The molecule has 2 aromatic heterocycles. The van der Waals surface area contributed by atoms with Crippen LogP contribution in [0.15, 0.2) is 121 Å². The van der Waals surface area contributed by atoms with Gasteiger partial charge in [0.05, 0.1) is 16.7 Å². The minimum absolute atomic E-state index is 0.329. The van der Waals surface area contributed by atoms with Gasteiger partial charge in [-0.05, 0) is 93.4 Å². The Hall–Kier alpha value is -4.73. The van der Waals surface area contributed by atoms with Crippen molar-refractivity contribution >= 4 is 53.3 Å². The summed E-state index contributed by atoms with van der Waals surface area (Å²) in [5.74, 6) is 1.65. The quantitative estimate of drug-likeness (QED) is 0.196. The number of imidazole rings is 1. The molecule has 0 aliphatic carbocycles. The van der Waals surface area contributed by atoms with Crippen molar-refractivity contribution in [3.05, 3.63) is 132 Å². The van der Waals surface area contributed by atoms with E-state index in [1.807, 2.05) is 11.3 Å². The summed E-state index contributed by atoms with van der Waals surface area (Å²) in [6.07, 6.45) is 0. The van der Waals surface area contributed by atoms with Crippen molar-refractivity contribution in [2.24, 2.45) is 0 Å². The molecule has 0 saturated heterocycles. The zero-order valence-corrected chi connectivity index (χ0v) is 26.3. The Morgan fingerprint density at radius 1 is 0.568 bits per heavy atom. The molecule has 44 heavy (non-hydrogen) atoms. The molecule has 0 N–H and O–H groups in total. The Morgan fingerprint density at radius 3 is 2.02 bits per heavy atom. The second-order valence-electron chi connectivity index (χ2n) is 12.4. The first-order valence-corrected chi connectivity index (χ1v) is 16.3. The highest BCUT2D eigenvalue weighted by molar-refractivity contribution is 7.26. The van der Waals surface area contributed by atoms with Crippen LogP contribution in [0.25, 0.3) is 70.2 Å². The molecule has 0 aliphatic heterocycles. The van der Waals surface area contributed by atoms with Gasteiger partial charge in [0.15, 0.2) is 0 Å². The molecular weight excluding hydrogens is 553 g/mol. The maximum atomic E-state index is 5.34. The normalized spacial score (nSPS) is 12.0. The van der Waals surface area contributed by atoms with Gasteiger partial charge in [-0.3, -0.25) is 4.57 Å². The van der Waals surface area contributed by atoms with Crippen LogP contribution in [0.2, 0.25) is 0 Å². The number of thiophene rings is 1. The van der Waals surface area contributed by atoms with Crippen LogP contribution in [0.5, 0.6) is 0 Å². The van der Waals surface area contributed by atoms with Crippen LogP contribution in [0.1, 0.15) is 50.7 Å². The van der Waals surface area contributed by atoms with Crippen molar-refractivity contribution in [2.45, 2.75) is 39.5 Å². The lowest BCUT2D eigenvalue weighted by molar-refractivity contribution is 0.811. The second-order valence-corrected chi connectivity index (χ2v) is 13.5. The predicted octanol–water partition coefficient (Wildman–Crippen LogP) is 12.1. The van der Waals surface area contributed by atoms with E-state index < -0.39 is 0 Å². The van der Waals surface area contributed by atoms with Crippen LogP contribution < -0.4 is 0 Å². The molecule has 0 atom stereocenters. The Morgan fingerprint density at radius 2 is 1.25 bits per heavy atom. The first-order chi connectivity index (χ1) is 21.5. The first-order valence-electron chi connectivity index (χ1n) is 15.5. The van der Waals surface area contributed by atoms with E-state index in [4.69, 9.17) is 4.98 Å². The molecule has 8 rings (SSSR count). The number of aromatic nitrogens is 2. The molecule has 8 aromatic rings. The number of benzene rings is 6. The average Bonchev–Trinajstić information content (AvgIpc) is 3.63. The van der Waals surface area contributed by atoms with Gasteiger partial charge in [-0.2, -0.15) is 0 Å². The smallest absolute Gasteiger partial charge is 0.145 e. The van der Waals surface area contributed by atoms with Crippen molar-refractivity contribution in [3.8, 4) is 28.2 Å². The van der Waals surface area contributed by atoms with Gasteiger partial charge in [-0.1, -0.05) is 100 Å². The molecule has 2 heterocycles. The van der Waals surface area contributed by atoms with E-state index in [2.05, 4.69) is 154 Å². The van der Waals surface area contributed by atoms with Gasteiger partial charge in [0, 0.05) is 25.7 Å². The van der Waals surface area contributed by atoms with Crippen LogP contribution >= 0.6 is 11.3 Å². The fraction of sp³-hybridized carbons (Fsp3) is 0.146. The Labute approximate surface area is 262 Å². The molecule has 2 nitrogen and oxygen atoms in total. The molecule has 0 unspecified atom stereocenters. The van der Waals surface area contributed by atoms with Crippen molar-refractivity contribution in [3.63, 3.8) is 0 Å². The molecule has 0 bridgehead atoms. The SMILES string of the molecule is CC(C)c1cc(-c2ccccc2)cc(C(C)C)c1-n1c(-c2ccc3sc4ccc5ccccc5c4c3c2)nc2ccccc21. The third kappa shape index (κ3) is 4.26. The highest BCUT2D eigenvalue weighted by Crippen LogP contribution is 2.43. The molecule has 0 spiro atoms. The number of hydrogen-bond acceptors (Lipinski definition) is 2. The van der Waals surface area contributed by atoms with Gasteiger partial charge in [-0.25, -0.2) is 4.98 Å². The first kappa shape index (κ1) is 26.9. The number of fused-ring (bicyclic) bond motifs is 6. The summed E-state index contributed by atoms with van der Waals surface area (Å²) in [5.41, 5.74) is 9.75. The molecule has 3 heteroatoms. The molecule has 0 fully saturated rings. The fourth-order valence-electron chi connectivity index (χ4n) is 6.75. The average molecular weight is 587 g/mol. The molecule has 214 valence electrons. The van der Waals surface area contributed by atoms with Gasteiger partial charge in [0.1, 0.15) is 5.82 Å². The second kappa shape index (κ2) is 10.5. The fourth-order valence-corrected chi connectivity index (χ4v) is 7.85. The number of rotatable bonds is 5. The van der Waals surface area contributed by atoms with E-state index in [-0.39, 0.29) is 0 Å². The molecule has 0 radical (unpaired) electrons. The van der Waals surface area contributed by atoms with E-state index in [1.54, 1.807) is 0 Å². The number of hydrogen-bond donors (Lipinski definition) is 0. The van der Waals surface area contributed by atoms with Gasteiger partial charge >= 0.3 is 0 Å². The standard InChI is InChI=1S/C41H34N2S/c1-25(2)32-23-30(27-12-6-5-7-13-27)24-33(26(3)4)40(32)43-36-17-11-10-16-35(36)42-41(43)29-19-20-37-34(22-29)39-31-15-9-8-14-28(31)18-21-38(39)44-37/h5-26H,1-4H3. The lowest BCUT2D eigenvalue weighted by Gasteiger charge is -2.24. The molecule has 0 saturated carbocycles. The summed E-state index contributed by atoms with van der Waals surface area (Å²) < 4.78 is 5.08. The van der Waals surface area contributed by atoms with Gasteiger partial charge in [0.25, 0.3) is 0 Å². The molecule has 0 aliphatic rings. The zero-order valence-electron chi connectivity index (χ0n) is 25.5. The maximum Gasteiger partial charge on any atom is 0.145 e.